The summed E-state index contributed by atoms with van der Waals surface area (Å²) in [6, 6.07) is 16.4. The molecule has 2 spiro atoms. The molecule has 0 aromatic heterocycles. The largest absolute Gasteiger partial charge is 0.324 e. The van der Waals surface area contributed by atoms with Crippen molar-refractivity contribution in [2.75, 3.05) is 18.9 Å². The minimum Gasteiger partial charge on any atom is -0.324 e. The summed E-state index contributed by atoms with van der Waals surface area (Å²) in [4.78, 5) is 29.1. The monoisotopic (exact) mass is 360 g/mol. The smallest absolute Gasteiger partial charge is 0.250 e. The van der Waals surface area contributed by atoms with Gasteiger partial charge in [-0.15, -0.1) is 0 Å². The van der Waals surface area contributed by atoms with Gasteiger partial charge in [0.25, 0.3) is 5.91 Å². The van der Waals surface area contributed by atoms with Crippen molar-refractivity contribution in [3.63, 3.8) is 0 Å². The van der Waals surface area contributed by atoms with Gasteiger partial charge in [-0.05, 0) is 38.4 Å². The highest BCUT2D eigenvalue weighted by molar-refractivity contribution is 6.11. The second-order valence-electron chi connectivity index (χ2n) is 8.30. The van der Waals surface area contributed by atoms with E-state index in [1.54, 1.807) is 0 Å². The van der Waals surface area contributed by atoms with E-state index in [2.05, 4.69) is 41.4 Å². The Morgan fingerprint density at radius 1 is 1.07 bits per heavy atom. The van der Waals surface area contributed by atoms with E-state index in [0.29, 0.717) is 13.0 Å². The molecule has 2 aromatic rings. The Balaban J connectivity index is 1.78. The number of amides is 1. The second kappa shape index (κ2) is 5.52. The summed E-state index contributed by atoms with van der Waals surface area (Å²) in [5.74, 6) is 0.218. The van der Waals surface area contributed by atoms with E-state index in [0.717, 1.165) is 29.7 Å². The fourth-order valence-electron chi connectivity index (χ4n) is 6.05. The zero-order valence-electron chi connectivity index (χ0n) is 15.8. The molecule has 4 heteroatoms. The summed E-state index contributed by atoms with van der Waals surface area (Å²) in [6.07, 6.45) is 2.18. The predicted molar refractivity (Wildman–Crippen MR) is 105 cm³/mol. The van der Waals surface area contributed by atoms with E-state index < -0.39 is 11.0 Å². The van der Waals surface area contributed by atoms with E-state index in [-0.39, 0.29) is 17.6 Å². The van der Waals surface area contributed by atoms with Crippen molar-refractivity contribution in [2.45, 2.75) is 37.6 Å². The Hall–Kier alpha value is -2.46. The Morgan fingerprint density at radius 2 is 1.81 bits per heavy atom. The molecule has 1 saturated heterocycles. The van der Waals surface area contributed by atoms with Crippen LogP contribution in [-0.4, -0.2) is 30.2 Å². The molecule has 3 aliphatic rings. The molecule has 3 atom stereocenters. The molecule has 0 bridgehead atoms. The molecular weight excluding hydrogens is 336 g/mol. The maximum absolute atomic E-state index is 13.5. The van der Waals surface area contributed by atoms with Crippen LogP contribution in [0.3, 0.4) is 0 Å². The minimum absolute atomic E-state index is 0.0232. The normalized spacial score (nSPS) is 32.4. The van der Waals surface area contributed by atoms with E-state index in [1.807, 2.05) is 31.3 Å². The number of Topliss-reactive ketones (excluding diaryl/α,β-unsaturated/α-hetero) is 1. The highest BCUT2D eigenvalue weighted by atomic mass is 16.2. The number of hydrogen-bond donors (Lipinski definition) is 1. The number of likely N-dealkylation sites (tertiary alicyclic amines) is 1. The second-order valence-corrected chi connectivity index (χ2v) is 8.30. The molecule has 2 aromatic carbocycles. The lowest BCUT2D eigenvalue weighted by atomic mass is 9.59. The van der Waals surface area contributed by atoms with Crippen molar-refractivity contribution in [1.82, 2.24) is 4.90 Å². The molecule has 1 saturated carbocycles. The van der Waals surface area contributed by atoms with Gasteiger partial charge in [-0.3, -0.25) is 14.5 Å². The fourth-order valence-corrected chi connectivity index (χ4v) is 6.05. The number of carbonyl (C=O) groups excluding carboxylic acids is 2. The third kappa shape index (κ3) is 1.86. The van der Waals surface area contributed by atoms with Gasteiger partial charge in [-0.1, -0.05) is 48.0 Å². The Kier molecular flexibility index (Phi) is 3.41. The van der Waals surface area contributed by atoms with Gasteiger partial charge in [0, 0.05) is 30.1 Å². The molecule has 1 N–H and O–H groups in total. The summed E-state index contributed by atoms with van der Waals surface area (Å²) in [5, 5.41) is 3.08. The molecule has 2 heterocycles. The van der Waals surface area contributed by atoms with Gasteiger partial charge in [-0.25, -0.2) is 0 Å². The molecule has 1 amide bonds. The SMILES string of the molecule is Cc1ccc([C@@H]2CN(C)[C@]3(C(=O)Nc4ccccc43)[C@]23CCCC3=O)cc1. The summed E-state index contributed by atoms with van der Waals surface area (Å²) in [7, 11) is 2.00. The van der Waals surface area contributed by atoms with Crippen LogP contribution < -0.4 is 5.32 Å². The number of nitrogens with one attached hydrogen (secondary N) is 1. The number of benzene rings is 2. The molecule has 0 unspecified atom stereocenters. The summed E-state index contributed by atoms with van der Waals surface area (Å²) >= 11 is 0. The number of nitrogens with zero attached hydrogens (tertiary/aromatic N) is 1. The van der Waals surface area contributed by atoms with Crippen LogP contribution in [0, 0.1) is 12.3 Å². The number of hydrogen-bond acceptors (Lipinski definition) is 3. The molecule has 27 heavy (non-hydrogen) atoms. The third-order valence-corrected chi connectivity index (χ3v) is 7.12. The number of likely N-dealkylation sites (N-methyl/N-ethyl adjacent to an activating group) is 1. The van der Waals surface area contributed by atoms with E-state index in [1.165, 1.54) is 5.56 Å². The molecule has 0 radical (unpaired) electrons. The first-order chi connectivity index (χ1) is 13.0. The number of fused-ring (bicyclic) bond motifs is 3. The van der Waals surface area contributed by atoms with Crippen LogP contribution in [0.1, 0.15) is 41.9 Å². The van der Waals surface area contributed by atoms with Crippen molar-refractivity contribution < 1.29 is 9.59 Å². The maximum Gasteiger partial charge on any atom is 0.250 e. The van der Waals surface area contributed by atoms with Crippen LogP contribution in [0.4, 0.5) is 5.69 Å². The quantitative estimate of drug-likeness (QED) is 0.845. The highest BCUT2D eigenvalue weighted by Gasteiger charge is 2.73. The lowest BCUT2D eigenvalue weighted by Gasteiger charge is -2.43. The van der Waals surface area contributed by atoms with Gasteiger partial charge >= 0.3 is 0 Å². The standard InChI is InChI=1S/C23H24N2O2/c1-15-9-11-16(12-10-15)18-14-25(2)23(22(18)13-5-8-20(22)26)17-6-3-4-7-19(17)24-21(23)27/h3-4,6-7,9-12,18H,5,8,13-14H2,1-2H3,(H,24,27)/t18-,22+,23+/m0/s1. The van der Waals surface area contributed by atoms with Crippen molar-refractivity contribution >= 4 is 17.4 Å². The molecular formula is C23H24N2O2. The van der Waals surface area contributed by atoms with Gasteiger partial charge in [0.15, 0.2) is 0 Å². The topological polar surface area (TPSA) is 49.4 Å². The minimum atomic E-state index is -0.910. The number of carbonyl (C=O) groups is 2. The zero-order chi connectivity index (χ0) is 18.8. The van der Waals surface area contributed by atoms with Crippen molar-refractivity contribution in [1.29, 1.82) is 0 Å². The maximum atomic E-state index is 13.5. The van der Waals surface area contributed by atoms with Crippen LogP contribution in [0.25, 0.3) is 0 Å². The molecule has 1 aliphatic carbocycles. The first-order valence-corrected chi connectivity index (χ1v) is 9.74. The number of rotatable bonds is 1. The Bertz CT molecular complexity index is 951. The lowest BCUT2D eigenvalue weighted by Crippen LogP contribution is -2.57. The number of aryl methyl sites for hydroxylation is 1. The lowest BCUT2D eigenvalue weighted by molar-refractivity contribution is -0.142. The van der Waals surface area contributed by atoms with Gasteiger partial charge < -0.3 is 5.32 Å². The Labute approximate surface area is 159 Å². The third-order valence-electron chi connectivity index (χ3n) is 7.12. The Morgan fingerprint density at radius 3 is 2.52 bits per heavy atom. The van der Waals surface area contributed by atoms with Crippen molar-refractivity contribution in [3.8, 4) is 0 Å². The van der Waals surface area contributed by atoms with Crippen molar-refractivity contribution in [2.24, 2.45) is 5.41 Å². The van der Waals surface area contributed by atoms with Gasteiger partial charge in [0.1, 0.15) is 11.3 Å². The number of anilines is 1. The van der Waals surface area contributed by atoms with Crippen LogP contribution in [0.5, 0.6) is 0 Å². The highest BCUT2D eigenvalue weighted by Crippen LogP contribution is 2.66. The molecule has 5 rings (SSSR count). The number of ketones is 1. The van der Waals surface area contributed by atoms with Crippen LogP contribution in [0.15, 0.2) is 48.5 Å². The van der Waals surface area contributed by atoms with E-state index >= 15 is 0 Å². The summed E-state index contributed by atoms with van der Waals surface area (Å²) < 4.78 is 0. The van der Waals surface area contributed by atoms with Gasteiger partial charge in [0.05, 0.1) is 5.41 Å². The number of para-hydroxylation sites is 1. The van der Waals surface area contributed by atoms with E-state index in [4.69, 9.17) is 0 Å². The average Bonchev–Trinajstić information content (AvgIpc) is 3.27. The van der Waals surface area contributed by atoms with Gasteiger partial charge in [0.2, 0.25) is 0 Å². The fraction of sp³-hybridized carbons (Fsp3) is 0.391. The summed E-state index contributed by atoms with van der Waals surface area (Å²) in [6.45, 7) is 2.78. The molecule has 2 fully saturated rings. The van der Waals surface area contributed by atoms with E-state index in [9.17, 15) is 9.59 Å². The first-order valence-electron chi connectivity index (χ1n) is 9.74. The van der Waals surface area contributed by atoms with Gasteiger partial charge in [-0.2, -0.15) is 0 Å². The van der Waals surface area contributed by atoms with Crippen LogP contribution >= 0.6 is 0 Å². The van der Waals surface area contributed by atoms with Crippen LogP contribution in [-0.2, 0) is 15.1 Å². The predicted octanol–water partition coefficient (Wildman–Crippen LogP) is 3.61. The average molecular weight is 360 g/mol. The summed E-state index contributed by atoms with van der Waals surface area (Å²) in [5.41, 5.74) is 2.56. The zero-order valence-corrected chi connectivity index (χ0v) is 15.8. The molecule has 2 aliphatic heterocycles. The van der Waals surface area contributed by atoms with Crippen molar-refractivity contribution in [3.05, 3.63) is 65.2 Å². The molecule has 4 nitrogen and oxygen atoms in total. The molecule has 138 valence electrons. The first kappa shape index (κ1) is 16.7. The van der Waals surface area contributed by atoms with Crippen LogP contribution in [0.2, 0.25) is 0 Å².